The van der Waals surface area contributed by atoms with Crippen LogP contribution in [0, 0.1) is 10.1 Å². The van der Waals surface area contributed by atoms with E-state index in [1.165, 1.54) is 17.8 Å². The number of thioether (sulfide) groups is 1. The van der Waals surface area contributed by atoms with Crippen LogP contribution in [0.5, 0.6) is 11.5 Å². The van der Waals surface area contributed by atoms with Crippen LogP contribution >= 0.6 is 11.8 Å². The Kier molecular flexibility index (Phi) is 5.99. The number of nitro groups is 1. The van der Waals surface area contributed by atoms with Crippen LogP contribution in [0.1, 0.15) is 10.4 Å². The van der Waals surface area contributed by atoms with Gasteiger partial charge in [-0.3, -0.25) is 14.9 Å². The first-order valence-electron chi connectivity index (χ1n) is 8.17. The van der Waals surface area contributed by atoms with Crippen LogP contribution in [-0.4, -0.2) is 42.9 Å². The van der Waals surface area contributed by atoms with Crippen molar-refractivity contribution in [3.8, 4) is 11.5 Å². The van der Waals surface area contributed by atoms with Crippen molar-refractivity contribution in [2.24, 2.45) is 0 Å². The number of esters is 1. The number of anilines is 1. The van der Waals surface area contributed by atoms with Crippen LogP contribution < -0.4 is 14.8 Å². The predicted octanol–water partition coefficient (Wildman–Crippen LogP) is 2.88. The summed E-state index contributed by atoms with van der Waals surface area (Å²) in [6.07, 6.45) is 1.91. The van der Waals surface area contributed by atoms with Crippen molar-refractivity contribution >= 4 is 35.0 Å². The standard InChI is InChI=1S/C18H16N2O7S/c1-28-12-4-2-3-11(7-12)19-17(21)10-27-18(22)13-8-15-16(26-6-5-25-15)9-14(13)20(23)24/h2-4,7-9H,5-6,10H2,1H3,(H,19,21). The number of nitrogens with zero attached hydrogens (tertiary/aromatic N) is 1. The largest absolute Gasteiger partial charge is 0.486 e. The minimum absolute atomic E-state index is 0.181. The SMILES string of the molecule is CSc1cccc(NC(=O)COC(=O)c2cc3c(cc2[N+](=O)[O-])OCCO3)c1. The summed E-state index contributed by atoms with van der Waals surface area (Å²) in [5.41, 5.74) is -0.244. The molecule has 1 heterocycles. The minimum atomic E-state index is -1.00. The lowest BCUT2D eigenvalue weighted by atomic mass is 10.1. The number of hydrogen-bond donors (Lipinski definition) is 1. The van der Waals surface area contributed by atoms with E-state index in [1.54, 1.807) is 18.2 Å². The molecular weight excluding hydrogens is 388 g/mol. The average Bonchev–Trinajstić information content (AvgIpc) is 2.71. The molecular formula is C18H16N2O7S. The van der Waals surface area contributed by atoms with Crippen molar-refractivity contribution in [1.82, 2.24) is 0 Å². The molecule has 1 aliphatic rings. The van der Waals surface area contributed by atoms with Crippen molar-refractivity contribution in [1.29, 1.82) is 0 Å². The first kappa shape index (κ1) is 19.5. The van der Waals surface area contributed by atoms with Gasteiger partial charge in [0.25, 0.3) is 11.6 Å². The van der Waals surface area contributed by atoms with Gasteiger partial charge in [0, 0.05) is 16.6 Å². The Bertz CT molecular complexity index is 932. The van der Waals surface area contributed by atoms with Crippen molar-refractivity contribution in [3.63, 3.8) is 0 Å². The maximum absolute atomic E-state index is 12.3. The van der Waals surface area contributed by atoms with E-state index in [-0.39, 0.29) is 30.3 Å². The predicted molar refractivity (Wildman–Crippen MR) is 101 cm³/mol. The molecule has 0 radical (unpaired) electrons. The Labute approximate surface area is 164 Å². The van der Waals surface area contributed by atoms with Gasteiger partial charge < -0.3 is 19.5 Å². The minimum Gasteiger partial charge on any atom is -0.486 e. The molecule has 10 heteroatoms. The fourth-order valence-corrected chi connectivity index (χ4v) is 2.96. The topological polar surface area (TPSA) is 117 Å². The molecule has 0 spiro atoms. The molecule has 2 aromatic carbocycles. The number of carbonyl (C=O) groups excluding carboxylic acids is 2. The lowest BCUT2D eigenvalue weighted by Gasteiger charge is -2.18. The summed E-state index contributed by atoms with van der Waals surface area (Å²) >= 11 is 1.52. The maximum atomic E-state index is 12.3. The zero-order valence-electron chi connectivity index (χ0n) is 14.8. The zero-order chi connectivity index (χ0) is 20.1. The molecule has 1 N–H and O–H groups in total. The molecule has 0 saturated heterocycles. The fourth-order valence-electron chi connectivity index (χ4n) is 2.50. The Morgan fingerprint density at radius 1 is 1.21 bits per heavy atom. The second-order valence-corrected chi connectivity index (χ2v) is 6.51. The summed E-state index contributed by atoms with van der Waals surface area (Å²) in [5.74, 6) is -1.17. The maximum Gasteiger partial charge on any atom is 0.345 e. The Morgan fingerprint density at radius 3 is 2.61 bits per heavy atom. The van der Waals surface area contributed by atoms with Gasteiger partial charge >= 0.3 is 5.97 Å². The Balaban J connectivity index is 1.68. The molecule has 0 saturated carbocycles. The van der Waals surface area contributed by atoms with E-state index in [9.17, 15) is 19.7 Å². The molecule has 1 aliphatic heterocycles. The smallest absolute Gasteiger partial charge is 0.345 e. The van der Waals surface area contributed by atoms with E-state index in [1.807, 2.05) is 12.3 Å². The van der Waals surface area contributed by atoms with Crippen molar-refractivity contribution in [2.45, 2.75) is 4.90 Å². The lowest BCUT2D eigenvalue weighted by molar-refractivity contribution is -0.385. The highest BCUT2D eigenvalue weighted by atomic mass is 32.2. The van der Waals surface area contributed by atoms with Gasteiger partial charge in [-0.2, -0.15) is 0 Å². The number of nitrogens with one attached hydrogen (secondary N) is 1. The van der Waals surface area contributed by atoms with E-state index in [2.05, 4.69) is 5.32 Å². The number of ether oxygens (including phenoxy) is 3. The van der Waals surface area contributed by atoms with Crippen molar-refractivity contribution in [2.75, 3.05) is 31.4 Å². The summed E-state index contributed by atoms with van der Waals surface area (Å²) < 4.78 is 15.6. The first-order chi connectivity index (χ1) is 13.5. The van der Waals surface area contributed by atoms with E-state index in [0.717, 1.165) is 11.0 Å². The second kappa shape index (κ2) is 8.61. The second-order valence-electron chi connectivity index (χ2n) is 5.63. The molecule has 0 unspecified atom stereocenters. The van der Waals surface area contributed by atoms with Gasteiger partial charge in [0.05, 0.1) is 11.0 Å². The van der Waals surface area contributed by atoms with E-state index >= 15 is 0 Å². The molecule has 2 aromatic rings. The molecule has 28 heavy (non-hydrogen) atoms. The molecule has 3 rings (SSSR count). The summed E-state index contributed by atoms with van der Waals surface area (Å²) in [6, 6.07) is 9.45. The van der Waals surface area contributed by atoms with Crippen LogP contribution in [0.3, 0.4) is 0 Å². The Hall–Kier alpha value is -3.27. The number of hydrogen-bond acceptors (Lipinski definition) is 8. The number of fused-ring (bicyclic) bond motifs is 1. The average molecular weight is 404 g/mol. The third-order valence-electron chi connectivity index (χ3n) is 3.76. The third-order valence-corrected chi connectivity index (χ3v) is 4.49. The number of carbonyl (C=O) groups is 2. The van der Waals surface area contributed by atoms with Crippen LogP contribution in [0.25, 0.3) is 0 Å². The van der Waals surface area contributed by atoms with Crippen LogP contribution in [0.4, 0.5) is 11.4 Å². The molecule has 0 aliphatic carbocycles. The van der Waals surface area contributed by atoms with Gasteiger partial charge in [-0.25, -0.2) is 4.79 Å². The number of rotatable bonds is 6. The zero-order valence-corrected chi connectivity index (χ0v) is 15.6. The molecule has 9 nitrogen and oxygen atoms in total. The van der Waals surface area contributed by atoms with Gasteiger partial charge in [-0.1, -0.05) is 6.07 Å². The van der Waals surface area contributed by atoms with Gasteiger partial charge in [0.2, 0.25) is 0 Å². The number of benzene rings is 2. The number of amides is 1. The lowest BCUT2D eigenvalue weighted by Crippen LogP contribution is -2.22. The molecule has 1 amide bonds. The summed E-state index contributed by atoms with van der Waals surface area (Å²) in [7, 11) is 0. The molecule has 146 valence electrons. The quantitative estimate of drug-likeness (QED) is 0.338. The van der Waals surface area contributed by atoms with Gasteiger partial charge in [-0.05, 0) is 24.5 Å². The highest BCUT2D eigenvalue weighted by molar-refractivity contribution is 7.98. The first-order valence-corrected chi connectivity index (χ1v) is 9.39. The molecule has 0 aromatic heterocycles. The van der Waals surface area contributed by atoms with E-state index in [0.29, 0.717) is 5.69 Å². The van der Waals surface area contributed by atoms with Crippen molar-refractivity contribution < 1.29 is 28.7 Å². The number of nitro benzene ring substituents is 1. The highest BCUT2D eigenvalue weighted by Crippen LogP contribution is 2.36. The van der Waals surface area contributed by atoms with Crippen LogP contribution in [0.15, 0.2) is 41.3 Å². The Morgan fingerprint density at radius 2 is 1.93 bits per heavy atom. The van der Waals surface area contributed by atoms with Gasteiger partial charge in [0.1, 0.15) is 18.8 Å². The van der Waals surface area contributed by atoms with Gasteiger partial charge in [-0.15, -0.1) is 11.8 Å². The summed E-state index contributed by atoms with van der Waals surface area (Å²) in [6.45, 7) is -0.0728. The summed E-state index contributed by atoms with van der Waals surface area (Å²) in [5, 5.41) is 13.9. The highest BCUT2D eigenvalue weighted by Gasteiger charge is 2.27. The molecule has 0 fully saturated rings. The van der Waals surface area contributed by atoms with E-state index < -0.39 is 29.1 Å². The van der Waals surface area contributed by atoms with Crippen LogP contribution in [-0.2, 0) is 9.53 Å². The monoisotopic (exact) mass is 404 g/mol. The van der Waals surface area contributed by atoms with E-state index in [4.69, 9.17) is 14.2 Å². The summed E-state index contributed by atoms with van der Waals surface area (Å²) in [4.78, 5) is 35.8. The van der Waals surface area contributed by atoms with Crippen LogP contribution in [0.2, 0.25) is 0 Å². The molecule has 0 atom stereocenters. The molecule has 0 bridgehead atoms. The van der Waals surface area contributed by atoms with Crippen molar-refractivity contribution in [3.05, 3.63) is 52.1 Å². The third kappa shape index (κ3) is 4.52. The van der Waals surface area contributed by atoms with Gasteiger partial charge in [0.15, 0.2) is 18.1 Å². The fraction of sp³-hybridized carbons (Fsp3) is 0.222. The normalized spacial score (nSPS) is 12.2.